The molecule has 1 aromatic carbocycles. The number of Topliss-reactive ketones (excluding diaryl/α,β-unsaturated/α-hetero) is 1. The summed E-state index contributed by atoms with van der Waals surface area (Å²) in [6.07, 6.45) is 0.358. The molecule has 0 bridgehead atoms. The Labute approximate surface area is 89.1 Å². The highest BCUT2D eigenvalue weighted by atomic mass is 16.3. The molecule has 0 aliphatic carbocycles. The van der Waals surface area contributed by atoms with Gasteiger partial charge in [-0.3, -0.25) is 4.79 Å². The Hall–Kier alpha value is -1.19. The van der Waals surface area contributed by atoms with Crippen LogP contribution < -0.4 is 5.32 Å². The van der Waals surface area contributed by atoms with Gasteiger partial charge in [0.25, 0.3) is 0 Å². The third-order valence-corrected chi connectivity index (χ3v) is 2.88. The van der Waals surface area contributed by atoms with Crippen molar-refractivity contribution in [3.05, 3.63) is 35.9 Å². The summed E-state index contributed by atoms with van der Waals surface area (Å²) in [5, 5.41) is 12.9. The molecular formula is C12H15NO2. The van der Waals surface area contributed by atoms with Crippen molar-refractivity contribution in [3.63, 3.8) is 0 Å². The summed E-state index contributed by atoms with van der Waals surface area (Å²) in [5.74, 6) is -0.0879. The summed E-state index contributed by atoms with van der Waals surface area (Å²) in [4.78, 5) is 11.6. The smallest absolute Gasteiger partial charge is 0.167 e. The van der Waals surface area contributed by atoms with E-state index in [1.54, 1.807) is 6.92 Å². The van der Waals surface area contributed by atoms with Crippen molar-refractivity contribution in [1.29, 1.82) is 0 Å². The van der Waals surface area contributed by atoms with Gasteiger partial charge in [-0.2, -0.15) is 0 Å². The fraction of sp³-hybridized carbons (Fsp3) is 0.417. The number of benzene rings is 1. The van der Waals surface area contributed by atoms with Crippen molar-refractivity contribution < 1.29 is 9.90 Å². The Bertz CT molecular complexity index is 359. The van der Waals surface area contributed by atoms with Crippen LogP contribution in [0.3, 0.4) is 0 Å². The van der Waals surface area contributed by atoms with Crippen molar-refractivity contribution in [2.75, 3.05) is 6.54 Å². The first-order chi connectivity index (χ1) is 7.09. The van der Waals surface area contributed by atoms with Crippen LogP contribution in [0.4, 0.5) is 0 Å². The van der Waals surface area contributed by atoms with E-state index < -0.39 is 5.60 Å². The zero-order chi connectivity index (χ0) is 10.9. The molecule has 2 N–H and O–H groups in total. The van der Waals surface area contributed by atoms with Crippen LogP contribution >= 0.6 is 0 Å². The molecule has 1 aliphatic rings. The fourth-order valence-corrected chi connectivity index (χ4v) is 1.82. The topological polar surface area (TPSA) is 49.3 Å². The molecule has 0 spiro atoms. The summed E-state index contributed by atoms with van der Waals surface area (Å²) >= 11 is 0. The van der Waals surface area contributed by atoms with Crippen LogP contribution in [0.2, 0.25) is 0 Å². The molecule has 0 saturated carbocycles. The molecule has 0 amide bonds. The molecule has 80 valence electrons. The van der Waals surface area contributed by atoms with Gasteiger partial charge in [-0.25, -0.2) is 0 Å². The van der Waals surface area contributed by atoms with E-state index in [0.29, 0.717) is 13.0 Å². The van der Waals surface area contributed by atoms with Crippen LogP contribution in [0, 0.1) is 0 Å². The highest BCUT2D eigenvalue weighted by molar-refractivity contribution is 5.88. The van der Waals surface area contributed by atoms with E-state index in [9.17, 15) is 9.90 Å². The molecule has 0 aromatic heterocycles. The number of piperidine rings is 1. The van der Waals surface area contributed by atoms with Crippen LogP contribution in [0.5, 0.6) is 0 Å². The van der Waals surface area contributed by atoms with Crippen LogP contribution in [0.1, 0.15) is 24.9 Å². The number of ketones is 1. The Kier molecular flexibility index (Phi) is 2.59. The monoisotopic (exact) mass is 205 g/mol. The molecule has 2 atom stereocenters. The average Bonchev–Trinajstić information content (AvgIpc) is 2.23. The molecule has 1 fully saturated rings. The normalized spacial score (nSPS) is 31.6. The third kappa shape index (κ3) is 2.08. The number of hydrogen-bond donors (Lipinski definition) is 2. The lowest BCUT2D eigenvalue weighted by atomic mass is 9.88. The second kappa shape index (κ2) is 3.76. The van der Waals surface area contributed by atoms with Gasteiger partial charge in [0.1, 0.15) is 5.60 Å². The number of carbonyl (C=O) groups excluding carboxylic acids is 1. The van der Waals surface area contributed by atoms with Crippen LogP contribution in [0.25, 0.3) is 0 Å². The van der Waals surface area contributed by atoms with Crippen LogP contribution in [-0.4, -0.2) is 23.0 Å². The minimum atomic E-state index is -1.20. The molecule has 1 aliphatic heterocycles. The summed E-state index contributed by atoms with van der Waals surface area (Å²) in [7, 11) is 0. The number of β-amino-alcohol motifs (C(OH)–C–C–N with tert-alkyl or cyclic N) is 1. The van der Waals surface area contributed by atoms with Crippen molar-refractivity contribution in [2.24, 2.45) is 0 Å². The number of rotatable bonds is 1. The maximum atomic E-state index is 11.6. The quantitative estimate of drug-likeness (QED) is 0.720. The molecule has 1 aromatic rings. The van der Waals surface area contributed by atoms with Gasteiger partial charge in [0.05, 0.1) is 0 Å². The van der Waals surface area contributed by atoms with Crippen molar-refractivity contribution in [1.82, 2.24) is 5.32 Å². The van der Waals surface area contributed by atoms with Crippen molar-refractivity contribution in [2.45, 2.75) is 25.0 Å². The predicted octanol–water partition coefficient (Wildman–Crippen LogP) is 1.04. The van der Waals surface area contributed by atoms with Crippen molar-refractivity contribution in [3.8, 4) is 0 Å². The Balaban J connectivity index is 2.13. The largest absolute Gasteiger partial charge is 0.381 e. The Morgan fingerprint density at radius 3 is 2.67 bits per heavy atom. The van der Waals surface area contributed by atoms with E-state index >= 15 is 0 Å². The van der Waals surface area contributed by atoms with E-state index in [0.717, 1.165) is 5.56 Å². The van der Waals surface area contributed by atoms with Crippen LogP contribution in [-0.2, 0) is 4.79 Å². The molecule has 1 saturated heterocycles. The lowest BCUT2D eigenvalue weighted by Gasteiger charge is -2.33. The molecule has 1 heterocycles. The number of carbonyl (C=O) groups is 1. The second-order valence-electron chi connectivity index (χ2n) is 4.25. The minimum Gasteiger partial charge on any atom is -0.381 e. The van der Waals surface area contributed by atoms with Gasteiger partial charge >= 0.3 is 0 Å². The van der Waals surface area contributed by atoms with E-state index in [2.05, 4.69) is 5.32 Å². The first-order valence-corrected chi connectivity index (χ1v) is 5.13. The summed E-state index contributed by atoms with van der Waals surface area (Å²) in [6, 6.07) is 9.88. The fourth-order valence-electron chi connectivity index (χ4n) is 1.82. The van der Waals surface area contributed by atoms with E-state index in [-0.39, 0.29) is 11.8 Å². The number of nitrogens with one attached hydrogen (secondary N) is 1. The predicted molar refractivity (Wildman–Crippen MR) is 57.4 cm³/mol. The first-order valence-electron chi connectivity index (χ1n) is 5.13. The SMILES string of the molecule is C[C@]1(O)CN[C@H](c2ccccc2)CC1=O. The molecule has 0 unspecified atom stereocenters. The zero-order valence-electron chi connectivity index (χ0n) is 8.73. The van der Waals surface area contributed by atoms with E-state index in [1.807, 2.05) is 30.3 Å². The van der Waals surface area contributed by atoms with Gasteiger partial charge in [0.2, 0.25) is 0 Å². The zero-order valence-corrected chi connectivity index (χ0v) is 8.73. The molecule has 2 rings (SSSR count). The minimum absolute atomic E-state index is 0.0407. The lowest BCUT2D eigenvalue weighted by Crippen LogP contribution is -2.51. The molecule has 15 heavy (non-hydrogen) atoms. The van der Waals surface area contributed by atoms with Gasteiger partial charge in [-0.05, 0) is 12.5 Å². The summed E-state index contributed by atoms with van der Waals surface area (Å²) < 4.78 is 0. The van der Waals surface area contributed by atoms with Gasteiger partial charge in [-0.15, -0.1) is 0 Å². The van der Waals surface area contributed by atoms with Gasteiger partial charge in [0.15, 0.2) is 5.78 Å². The van der Waals surface area contributed by atoms with Gasteiger partial charge < -0.3 is 10.4 Å². The molecule has 3 nitrogen and oxygen atoms in total. The molecular weight excluding hydrogens is 190 g/mol. The molecule has 3 heteroatoms. The number of aliphatic hydroxyl groups is 1. The second-order valence-corrected chi connectivity index (χ2v) is 4.25. The molecule has 0 radical (unpaired) electrons. The van der Waals surface area contributed by atoms with Crippen LogP contribution in [0.15, 0.2) is 30.3 Å². The maximum absolute atomic E-state index is 11.6. The highest BCUT2D eigenvalue weighted by Crippen LogP contribution is 2.24. The first kappa shape index (κ1) is 10.3. The van der Waals surface area contributed by atoms with Gasteiger partial charge in [0, 0.05) is 19.0 Å². The lowest BCUT2D eigenvalue weighted by molar-refractivity contribution is -0.138. The van der Waals surface area contributed by atoms with Crippen molar-refractivity contribution >= 4 is 5.78 Å². The van der Waals surface area contributed by atoms with Gasteiger partial charge in [-0.1, -0.05) is 30.3 Å². The third-order valence-electron chi connectivity index (χ3n) is 2.88. The Morgan fingerprint density at radius 1 is 1.40 bits per heavy atom. The number of hydrogen-bond acceptors (Lipinski definition) is 3. The van der Waals surface area contributed by atoms with E-state index in [4.69, 9.17) is 0 Å². The highest BCUT2D eigenvalue weighted by Gasteiger charge is 2.36. The Morgan fingerprint density at radius 2 is 2.07 bits per heavy atom. The maximum Gasteiger partial charge on any atom is 0.167 e. The standard InChI is InChI=1S/C12H15NO2/c1-12(15)8-13-10(7-11(12)14)9-5-3-2-4-6-9/h2-6,10,13,15H,7-8H2,1H3/t10-,12-/m0/s1. The summed E-state index contributed by atoms with van der Waals surface area (Å²) in [5.41, 5.74) is -0.105. The summed E-state index contributed by atoms with van der Waals surface area (Å²) in [6.45, 7) is 1.88. The average molecular weight is 205 g/mol. The van der Waals surface area contributed by atoms with E-state index in [1.165, 1.54) is 0 Å².